The predicted octanol–water partition coefficient (Wildman–Crippen LogP) is 2.98. The van der Waals surface area contributed by atoms with E-state index in [-0.39, 0.29) is 0 Å². The van der Waals surface area contributed by atoms with Crippen molar-refractivity contribution in [2.45, 2.75) is 26.3 Å². The lowest BCUT2D eigenvalue weighted by Gasteiger charge is -2.16. The van der Waals surface area contributed by atoms with Crippen LogP contribution in [0.4, 0.5) is 5.69 Å². The fourth-order valence-electron chi connectivity index (χ4n) is 1.73. The number of nitrogen functional groups attached to an aromatic ring is 1. The number of rotatable bonds is 6. The topological polar surface area (TPSA) is 29.3 Å². The Kier molecular flexibility index (Phi) is 5.06. The summed E-state index contributed by atoms with van der Waals surface area (Å²) in [4.78, 5) is 2.33. The molecule has 0 unspecified atom stereocenters. The van der Waals surface area contributed by atoms with E-state index in [2.05, 4.69) is 37.6 Å². The van der Waals surface area contributed by atoms with Crippen molar-refractivity contribution in [1.82, 2.24) is 4.90 Å². The maximum Gasteiger partial charge on any atom is 0.0343 e. The van der Waals surface area contributed by atoms with Gasteiger partial charge in [0.1, 0.15) is 0 Å². The zero-order valence-corrected chi connectivity index (χ0v) is 10.4. The SMILES string of the molecule is C=CCCCN(C)Cc1ccc(N)c(C)c1. The Morgan fingerprint density at radius 1 is 1.44 bits per heavy atom. The lowest BCUT2D eigenvalue weighted by Crippen LogP contribution is -2.19. The lowest BCUT2D eigenvalue weighted by molar-refractivity contribution is 0.323. The number of benzene rings is 1. The number of hydrogen-bond acceptors (Lipinski definition) is 2. The second-order valence-corrected chi connectivity index (χ2v) is 4.36. The van der Waals surface area contributed by atoms with Crippen molar-refractivity contribution in [2.75, 3.05) is 19.3 Å². The van der Waals surface area contributed by atoms with E-state index < -0.39 is 0 Å². The highest BCUT2D eigenvalue weighted by Crippen LogP contribution is 2.14. The van der Waals surface area contributed by atoms with Gasteiger partial charge in [-0.3, -0.25) is 0 Å². The van der Waals surface area contributed by atoms with E-state index in [0.717, 1.165) is 30.8 Å². The van der Waals surface area contributed by atoms with Gasteiger partial charge in [0.05, 0.1) is 0 Å². The minimum absolute atomic E-state index is 0.873. The predicted molar refractivity (Wildman–Crippen MR) is 71.4 cm³/mol. The number of nitrogens with two attached hydrogens (primary N) is 1. The normalized spacial score (nSPS) is 10.7. The molecule has 0 radical (unpaired) electrons. The van der Waals surface area contributed by atoms with Crippen molar-refractivity contribution in [3.05, 3.63) is 42.0 Å². The first-order chi connectivity index (χ1) is 7.63. The van der Waals surface area contributed by atoms with Gasteiger partial charge in [0.15, 0.2) is 0 Å². The summed E-state index contributed by atoms with van der Waals surface area (Å²) in [6.07, 6.45) is 4.24. The van der Waals surface area contributed by atoms with Gasteiger partial charge in [0.2, 0.25) is 0 Å². The molecule has 0 aliphatic carbocycles. The summed E-state index contributed by atoms with van der Waals surface area (Å²) in [5.74, 6) is 0. The molecule has 0 aliphatic rings. The molecule has 1 aromatic carbocycles. The molecule has 1 rings (SSSR count). The van der Waals surface area contributed by atoms with E-state index >= 15 is 0 Å². The van der Waals surface area contributed by atoms with Crippen molar-refractivity contribution in [2.24, 2.45) is 0 Å². The van der Waals surface area contributed by atoms with E-state index in [1.807, 2.05) is 12.1 Å². The molecule has 88 valence electrons. The van der Waals surface area contributed by atoms with Gasteiger partial charge in [0, 0.05) is 12.2 Å². The summed E-state index contributed by atoms with van der Waals surface area (Å²) in [5.41, 5.74) is 9.16. The zero-order valence-electron chi connectivity index (χ0n) is 10.4. The average molecular weight is 218 g/mol. The van der Waals surface area contributed by atoms with Crippen LogP contribution in [0.3, 0.4) is 0 Å². The molecule has 0 aromatic heterocycles. The molecule has 0 saturated carbocycles. The number of unbranched alkanes of at least 4 members (excludes halogenated alkanes) is 1. The summed E-state index contributed by atoms with van der Waals surface area (Å²) in [6, 6.07) is 6.26. The summed E-state index contributed by atoms with van der Waals surface area (Å²) >= 11 is 0. The minimum atomic E-state index is 0.873. The average Bonchev–Trinajstić information content (AvgIpc) is 2.24. The highest BCUT2D eigenvalue weighted by molar-refractivity contribution is 5.47. The van der Waals surface area contributed by atoms with Crippen LogP contribution < -0.4 is 5.73 Å². The van der Waals surface area contributed by atoms with Crippen molar-refractivity contribution < 1.29 is 0 Å². The summed E-state index contributed by atoms with van der Waals surface area (Å²) in [7, 11) is 2.15. The Morgan fingerprint density at radius 3 is 2.81 bits per heavy atom. The van der Waals surface area contributed by atoms with Crippen LogP contribution in [0.5, 0.6) is 0 Å². The molecule has 0 aliphatic heterocycles. The molecule has 0 bridgehead atoms. The third kappa shape index (κ3) is 4.07. The second kappa shape index (κ2) is 6.33. The molecule has 0 amide bonds. The van der Waals surface area contributed by atoms with Crippen molar-refractivity contribution in [1.29, 1.82) is 0 Å². The van der Waals surface area contributed by atoms with Crippen LogP contribution in [-0.2, 0) is 6.54 Å². The number of nitrogens with zero attached hydrogens (tertiary/aromatic N) is 1. The van der Waals surface area contributed by atoms with Crippen LogP contribution in [0.25, 0.3) is 0 Å². The second-order valence-electron chi connectivity index (χ2n) is 4.36. The number of anilines is 1. The number of allylic oxidation sites excluding steroid dienone is 1. The third-order valence-electron chi connectivity index (χ3n) is 2.73. The van der Waals surface area contributed by atoms with Gasteiger partial charge >= 0.3 is 0 Å². The van der Waals surface area contributed by atoms with Crippen molar-refractivity contribution in [3.63, 3.8) is 0 Å². The molecule has 1 aromatic rings. The monoisotopic (exact) mass is 218 g/mol. The summed E-state index contributed by atoms with van der Waals surface area (Å²) in [6.45, 7) is 7.87. The van der Waals surface area contributed by atoms with Crippen LogP contribution in [0, 0.1) is 6.92 Å². The fraction of sp³-hybridized carbons (Fsp3) is 0.429. The van der Waals surface area contributed by atoms with Gasteiger partial charge in [-0.15, -0.1) is 6.58 Å². The van der Waals surface area contributed by atoms with Crippen LogP contribution in [0.1, 0.15) is 24.0 Å². The van der Waals surface area contributed by atoms with Crippen LogP contribution in [-0.4, -0.2) is 18.5 Å². The first kappa shape index (κ1) is 12.8. The van der Waals surface area contributed by atoms with Crippen molar-refractivity contribution in [3.8, 4) is 0 Å². The number of aryl methyl sites for hydroxylation is 1. The molecular formula is C14H22N2. The molecular weight excluding hydrogens is 196 g/mol. The molecule has 16 heavy (non-hydrogen) atoms. The third-order valence-corrected chi connectivity index (χ3v) is 2.73. The van der Waals surface area contributed by atoms with Gasteiger partial charge in [-0.1, -0.05) is 18.2 Å². The van der Waals surface area contributed by atoms with Gasteiger partial charge in [-0.25, -0.2) is 0 Å². The lowest BCUT2D eigenvalue weighted by atomic mass is 10.1. The van der Waals surface area contributed by atoms with Gasteiger partial charge in [-0.2, -0.15) is 0 Å². The molecule has 0 spiro atoms. The summed E-state index contributed by atoms with van der Waals surface area (Å²) in [5, 5.41) is 0. The Morgan fingerprint density at radius 2 is 2.19 bits per heavy atom. The maximum atomic E-state index is 5.79. The standard InChI is InChI=1S/C14H22N2/c1-4-5-6-9-16(3)11-13-7-8-14(15)12(2)10-13/h4,7-8,10H,1,5-6,9,11,15H2,2-3H3. The maximum absolute atomic E-state index is 5.79. The van der Waals surface area contributed by atoms with Crippen LogP contribution >= 0.6 is 0 Å². The quantitative estimate of drug-likeness (QED) is 0.452. The molecule has 0 saturated heterocycles. The largest absolute Gasteiger partial charge is 0.399 e. The van der Waals surface area contributed by atoms with Crippen LogP contribution in [0.2, 0.25) is 0 Å². The molecule has 2 N–H and O–H groups in total. The molecule has 2 nitrogen and oxygen atoms in total. The number of hydrogen-bond donors (Lipinski definition) is 1. The highest BCUT2D eigenvalue weighted by atomic mass is 15.1. The smallest absolute Gasteiger partial charge is 0.0343 e. The molecule has 0 fully saturated rings. The summed E-state index contributed by atoms with van der Waals surface area (Å²) < 4.78 is 0. The van der Waals surface area contributed by atoms with Gasteiger partial charge in [0.25, 0.3) is 0 Å². The van der Waals surface area contributed by atoms with E-state index in [1.165, 1.54) is 12.0 Å². The van der Waals surface area contributed by atoms with Gasteiger partial charge in [-0.05, 0) is 50.6 Å². The first-order valence-electron chi connectivity index (χ1n) is 5.78. The Labute approximate surface area is 98.8 Å². The molecule has 2 heteroatoms. The highest BCUT2D eigenvalue weighted by Gasteiger charge is 2.01. The first-order valence-corrected chi connectivity index (χ1v) is 5.78. The minimum Gasteiger partial charge on any atom is -0.399 e. The Hall–Kier alpha value is -1.28. The Bertz CT molecular complexity index is 345. The molecule has 0 heterocycles. The van der Waals surface area contributed by atoms with Gasteiger partial charge < -0.3 is 10.6 Å². The van der Waals surface area contributed by atoms with E-state index in [4.69, 9.17) is 5.73 Å². The van der Waals surface area contributed by atoms with Crippen LogP contribution in [0.15, 0.2) is 30.9 Å². The molecule has 0 atom stereocenters. The van der Waals surface area contributed by atoms with E-state index in [0.29, 0.717) is 0 Å². The van der Waals surface area contributed by atoms with Crippen molar-refractivity contribution >= 4 is 5.69 Å². The zero-order chi connectivity index (χ0) is 12.0. The fourth-order valence-corrected chi connectivity index (χ4v) is 1.73. The van der Waals surface area contributed by atoms with E-state index in [1.54, 1.807) is 0 Å². The Balaban J connectivity index is 2.46. The van der Waals surface area contributed by atoms with E-state index in [9.17, 15) is 0 Å².